The molecular formula is C21H24N4O3. The first-order chi connectivity index (χ1) is 13.4. The van der Waals surface area contributed by atoms with Crippen LogP contribution in [0.15, 0.2) is 30.5 Å². The van der Waals surface area contributed by atoms with Crippen molar-refractivity contribution in [2.45, 2.75) is 33.7 Å². The lowest BCUT2D eigenvalue weighted by molar-refractivity contribution is 0.0923. The summed E-state index contributed by atoms with van der Waals surface area (Å²) in [5, 5.41) is 7.57. The summed E-state index contributed by atoms with van der Waals surface area (Å²) in [6.45, 7) is 9.02. The van der Waals surface area contributed by atoms with Crippen molar-refractivity contribution in [1.82, 2.24) is 19.9 Å². The number of carbonyl (C=O) groups excluding carboxylic acids is 1. The van der Waals surface area contributed by atoms with Gasteiger partial charge in [0.05, 0.1) is 23.0 Å². The van der Waals surface area contributed by atoms with Crippen LogP contribution in [0.1, 0.15) is 47.2 Å². The fourth-order valence-corrected chi connectivity index (χ4v) is 3.49. The highest BCUT2D eigenvalue weighted by Crippen LogP contribution is 2.34. The molecule has 1 aromatic carbocycles. The van der Waals surface area contributed by atoms with E-state index in [0.29, 0.717) is 18.8 Å². The standard InChI is InChI=1S/C21H24N4O3/c1-12(2)20(15-5-6-17-18(10-15)28-8-7-27-17)23-21(26)16-11-22-19-9-13(3)24-25(19)14(16)4/h5-6,9-12,20H,7-8H2,1-4H3,(H,23,26). The van der Waals surface area contributed by atoms with Gasteiger partial charge in [-0.05, 0) is 37.5 Å². The van der Waals surface area contributed by atoms with Crippen molar-refractivity contribution in [3.05, 3.63) is 53.0 Å². The number of amides is 1. The first-order valence-electron chi connectivity index (χ1n) is 9.46. The van der Waals surface area contributed by atoms with E-state index in [-0.39, 0.29) is 17.9 Å². The number of benzene rings is 1. The van der Waals surface area contributed by atoms with Crippen LogP contribution in [-0.4, -0.2) is 33.7 Å². The van der Waals surface area contributed by atoms with Crippen LogP contribution in [0.4, 0.5) is 0 Å². The van der Waals surface area contributed by atoms with E-state index >= 15 is 0 Å². The minimum atomic E-state index is -0.173. The molecule has 3 aromatic rings. The molecule has 4 rings (SSSR count). The lowest BCUT2D eigenvalue weighted by Gasteiger charge is -2.25. The van der Waals surface area contributed by atoms with Gasteiger partial charge < -0.3 is 14.8 Å². The van der Waals surface area contributed by atoms with Gasteiger partial charge in [-0.1, -0.05) is 19.9 Å². The highest BCUT2D eigenvalue weighted by atomic mass is 16.6. The molecule has 0 saturated carbocycles. The smallest absolute Gasteiger partial charge is 0.255 e. The average Bonchev–Trinajstić information content (AvgIpc) is 3.07. The van der Waals surface area contributed by atoms with Crippen LogP contribution < -0.4 is 14.8 Å². The van der Waals surface area contributed by atoms with Crippen LogP contribution in [0.5, 0.6) is 11.5 Å². The molecule has 7 heteroatoms. The zero-order chi connectivity index (χ0) is 19.8. The van der Waals surface area contributed by atoms with Crippen LogP contribution in [0.3, 0.4) is 0 Å². The molecule has 0 fully saturated rings. The number of rotatable bonds is 4. The molecule has 0 radical (unpaired) electrons. The number of hydrogen-bond donors (Lipinski definition) is 1. The van der Waals surface area contributed by atoms with Crippen molar-refractivity contribution in [1.29, 1.82) is 0 Å². The molecule has 0 aliphatic carbocycles. The van der Waals surface area contributed by atoms with Crippen LogP contribution in [0.25, 0.3) is 5.65 Å². The largest absolute Gasteiger partial charge is 0.486 e. The number of aryl methyl sites for hydroxylation is 2. The van der Waals surface area contributed by atoms with Crippen LogP contribution in [-0.2, 0) is 0 Å². The molecule has 2 aromatic heterocycles. The van der Waals surface area contributed by atoms with Gasteiger partial charge in [0.25, 0.3) is 5.91 Å². The number of nitrogens with zero attached hydrogens (tertiary/aromatic N) is 3. The average molecular weight is 380 g/mol. The van der Waals surface area contributed by atoms with Gasteiger partial charge in [0.15, 0.2) is 17.1 Å². The molecule has 1 unspecified atom stereocenters. The Morgan fingerprint density at radius 1 is 1.14 bits per heavy atom. The van der Waals surface area contributed by atoms with Crippen molar-refractivity contribution in [2.24, 2.45) is 5.92 Å². The Bertz CT molecular complexity index is 1040. The molecule has 7 nitrogen and oxygen atoms in total. The number of aromatic nitrogens is 3. The van der Waals surface area contributed by atoms with Gasteiger partial charge in [-0.25, -0.2) is 9.50 Å². The zero-order valence-corrected chi connectivity index (χ0v) is 16.5. The van der Waals surface area contributed by atoms with E-state index in [1.54, 1.807) is 10.7 Å². The van der Waals surface area contributed by atoms with Gasteiger partial charge in [-0.3, -0.25) is 4.79 Å². The van der Waals surface area contributed by atoms with Crippen molar-refractivity contribution in [3.63, 3.8) is 0 Å². The molecular weight excluding hydrogens is 356 g/mol. The van der Waals surface area contributed by atoms with Gasteiger partial charge in [0.1, 0.15) is 13.2 Å². The molecule has 0 bridgehead atoms. The van der Waals surface area contributed by atoms with Crippen molar-refractivity contribution in [3.8, 4) is 11.5 Å². The third kappa shape index (κ3) is 3.28. The second-order valence-corrected chi connectivity index (χ2v) is 7.41. The molecule has 3 heterocycles. The van der Waals surface area contributed by atoms with E-state index in [9.17, 15) is 4.79 Å². The predicted octanol–water partition coefficient (Wildman–Crippen LogP) is 3.24. The quantitative estimate of drug-likeness (QED) is 0.752. The van der Waals surface area contributed by atoms with Gasteiger partial charge >= 0.3 is 0 Å². The van der Waals surface area contributed by atoms with Crippen molar-refractivity contribution >= 4 is 11.6 Å². The minimum Gasteiger partial charge on any atom is -0.486 e. The SMILES string of the molecule is Cc1cc2ncc(C(=O)NC(c3ccc4c(c3)OCCO4)C(C)C)c(C)n2n1. The van der Waals surface area contributed by atoms with Crippen LogP contribution in [0, 0.1) is 19.8 Å². The maximum atomic E-state index is 13.0. The lowest BCUT2D eigenvalue weighted by Crippen LogP contribution is -2.32. The number of fused-ring (bicyclic) bond motifs is 2. The summed E-state index contributed by atoms with van der Waals surface area (Å²) in [5.74, 6) is 1.47. The van der Waals surface area contributed by atoms with Crippen molar-refractivity contribution < 1.29 is 14.3 Å². The van der Waals surface area contributed by atoms with E-state index in [1.165, 1.54) is 0 Å². The second-order valence-electron chi connectivity index (χ2n) is 7.41. The molecule has 1 aliphatic rings. The zero-order valence-electron chi connectivity index (χ0n) is 16.5. The lowest BCUT2D eigenvalue weighted by atomic mass is 9.95. The third-order valence-corrected chi connectivity index (χ3v) is 4.97. The van der Waals surface area contributed by atoms with E-state index in [2.05, 4.69) is 29.2 Å². The highest BCUT2D eigenvalue weighted by molar-refractivity contribution is 5.95. The molecule has 1 atom stereocenters. The fourth-order valence-electron chi connectivity index (χ4n) is 3.49. The topological polar surface area (TPSA) is 77.8 Å². The number of carbonyl (C=O) groups is 1. The van der Waals surface area contributed by atoms with E-state index < -0.39 is 0 Å². The second kappa shape index (κ2) is 7.14. The maximum absolute atomic E-state index is 13.0. The Morgan fingerprint density at radius 2 is 1.89 bits per heavy atom. The van der Waals surface area contributed by atoms with Crippen LogP contribution in [0.2, 0.25) is 0 Å². The minimum absolute atomic E-state index is 0.169. The molecule has 0 saturated heterocycles. The first kappa shape index (κ1) is 18.3. The van der Waals surface area contributed by atoms with Crippen molar-refractivity contribution in [2.75, 3.05) is 13.2 Å². The van der Waals surface area contributed by atoms with E-state index in [0.717, 1.165) is 34.1 Å². The fraction of sp³-hybridized carbons (Fsp3) is 0.381. The summed E-state index contributed by atoms with van der Waals surface area (Å²) in [5.41, 5.74) is 3.86. The van der Waals surface area contributed by atoms with Gasteiger partial charge in [0.2, 0.25) is 0 Å². The molecule has 1 N–H and O–H groups in total. The summed E-state index contributed by atoms with van der Waals surface area (Å²) in [6, 6.07) is 7.55. The Hall–Kier alpha value is -3.09. The van der Waals surface area contributed by atoms with E-state index in [1.807, 2.05) is 38.1 Å². The monoisotopic (exact) mass is 380 g/mol. The Labute approximate surface area is 163 Å². The van der Waals surface area contributed by atoms with Gasteiger partial charge in [-0.2, -0.15) is 5.10 Å². The Kier molecular flexibility index (Phi) is 4.66. The summed E-state index contributed by atoms with van der Waals surface area (Å²) in [7, 11) is 0. The molecule has 146 valence electrons. The van der Waals surface area contributed by atoms with Gasteiger partial charge in [-0.15, -0.1) is 0 Å². The summed E-state index contributed by atoms with van der Waals surface area (Å²) < 4.78 is 13.0. The Morgan fingerprint density at radius 3 is 2.64 bits per heavy atom. The summed E-state index contributed by atoms with van der Waals surface area (Å²) >= 11 is 0. The molecule has 28 heavy (non-hydrogen) atoms. The van der Waals surface area contributed by atoms with Gasteiger partial charge in [0, 0.05) is 12.3 Å². The first-order valence-corrected chi connectivity index (χ1v) is 9.46. The normalized spacial score (nSPS) is 14.3. The number of hydrogen-bond acceptors (Lipinski definition) is 5. The molecule has 0 spiro atoms. The maximum Gasteiger partial charge on any atom is 0.255 e. The Balaban J connectivity index is 1.63. The van der Waals surface area contributed by atoms with E-state index in [4.69, 9.17) is 9.47 Å². The number of ether oxygens (including phenoxy) is 2. The third-order valence-electron chi connectivity index (χ3n) is 4.97. The summed E-state index contributed by atoms with van der Waals surface area (Å²) in [4.78, 5) is 17.4. The summed E-state index contributed by atoms with van der Waals surface area (Å²) in [6.07, 6.45) is 1.61. The van der Waals surface area contributed by atoms with Crippen LogP contribution >= 0.6 is 0 Å². The number of nitrogens with one attached hydrogen (secondary N) is 1. The predicted molar refractivity (Wildman–Crippen MR) is 105 cm³/mol. The highest BCUT2D eigenvalue weighted by Gasteiger charge is 2.23. The molecule has 1 aliphatic heterocycles. The molecule has 1 amide bonds.